The highest BCUT2D eigenvalue weighted by Gasteiger charge is 2.35. The molecular formula is C12H18N6O2S. The zero-order chi connectivity index (χ0) is 15.0. The molecule has 0 bridgehead atoms. The third-order valence-electron chi connectivity index (χ3n) is 3.79. The van der Waals surface area contributed by atoms with Crippen molar-refractivity contribution in [3.63, 3.8) is 0 Å². The van der Waals surface area contributed by atoms with E-state index in [1.807, 2.05) is 18.4 Å². The van der Waals surface area contributed by atoms with Gasteiger partial charge in [0, 0.05) is 25.8 Å². The standard InChI is InChI=1S/C12H18N6O2S/c1-3-16-9-12(15-10(16)2)21(19,20)17-7-4-11(8-17)18-13-5-6-14-18/h5-6,9,11H,3-4,7-8H2,1-2H3. The van der Waals surface area contributed by atoms with Gasteiger partial charge in [0.05, 0.1) is 18.4 Å². The second kappa shape index (κ2) is 5.23. The van der Waals surface area contributed by atoms with Gasteiger partial charge in [-0.15, -0.1) is 0 Å². The van der Waals surface area contributed by atoms with Crippen molar-refractivity contribution in [2.75, 3.05) is 13.1 Å². The fourth-order valence-corrected chi connectivity index (χ4v) is 4.07. The molecule has 0 spiro atoms. The summed E-state index contributed by atoms with van der Waals surface area (Å²) < 4.78 is 28.6. The molecule has 1 atom stereocenters. The van der Waals surface area contributed by atoms with E-state index in [2.05, 4.69) is 15.2 Å². The number of nitrogens with zero attached hydrogens (tertiary/aromatic N) is 6. The number of hydrogen-bond donors (Lipinski definition) is 0. The average molecular weight is 310 g/mol. The van der Waals surface area contributed by atoms with E-state index in [-0.39, 0.29) is 11.1 Å². The summed E-state index contributed by atoms with van der Waals surface area (Å²) in [6.45, 7) is 5.32. The highest BCUT2D eigenvalue weighted by Crippen LogP contribution is 2.26. The smallest absolute Gasteiger partial charge is 0.262 e. The molecule has 0 amide bonds. The van der Waals surface area contributed by atoms with E-state index < -0.39 is 10.0 Å². The van der Waals surface area contributed by atoms with Crippen molar-refractivity contribution in [2.24, 2.45) is 0 Å². The molecule has 1 aliphatic rings. The molecule has 1 aliphatic heterocycles. The molecule has 21 heavy (non-hydrogen) atoms. The maximum Gasteiger partial charge on any atom is 0.262 e. The van der Waals surface area contributed by atoms with Gasteiger partial charge in [0.25, 0.3) is 10.0 Å². The van der Waals surface area contributed by atoms with Crippen LogP contribution in [0.15, 0.2) is 23.6 Å². The van der Waals surface area contributed by atoms with Crippen LogP contribution in [-0.4, -0.2) is 50.4 Å². The first-order valence-electron chi connectivity index (χ1n) is 6.92. The van der Waals surface area contributed by atoms with Crippen LogP contribution in [0.2, 0.25) is 0 Å². The van der Waals surface area contributed by atoms with Crippen molar-refractivity contribution in [1.82, 2.24) is 28.9 Å². The third-order valence-corrected chi connectivity index (χ3v) is 5.52. The Balaban J connectivity index is 1.82. The minimum atomic E-state index is -3.54. The summed E-state index contributed by atoms with van der Waals surface area (Å²) in [6, 6.07) is -0.0101. The van der Waals surface area contributed by atoms with Crippen LogP contribution < -0.4 is 0 Å². The van der Waals surface area contributed by atoms with Gasteiger partial charge < -0.3 is 4.57 Å². The first-order valence-corrected chi connectivity index (χ1v) is 8.36. The van der Waals surface area contributed by atoms with Crippen molar-refractivity contribution in [3.05, 3.63) is 24.4 Å². The molecule has 3 rings (SSSR count). The van der Waals surface area contributed by atoms with Crippen LogP contribution in [0.3, 0.4) is 0 Å². The molecule has 2 aromatic rings. The summed E-state index contributed by atoms with van der Waals surface area (Å²) in [7, 11) is -3.54. The quantitative estimate of drug-likeness (QED) is 0.818. The number of aryl methyl sites for hydroxylation is 2. The Morgan fingerprint density at radius 3 is 2.67 bits per heavy atom. The molecule has 9 heteroatoms. The Bertz CT molecular complexity index is 721. The van der Waals surface area contributed by atoms with E-state index in [4.69, 9.17) is 0 Å². The van der Waals surface area contributed by atoms with E-state index in [0.717, 1.165) is 0 Å². The lowest BCUT2D eigenvalue weighted by Crippen LogP contribution is -2.30. The van der Waals surface area contributed by atoms with Crippen LogP contribution in [-0.2, 0) is 16.6 Å². The van der Waals surface area contributed by atoms with Crippen molar-refractivity contribution >= 4 is 10.0 Å². The van der Waals surface area contributed by atoms with E-state index in [1.165, 1.54) is 4.31 Å². The molecule has 3 heterocycles. The van der Waals surface area contributed by atoms with Crippen molar-refractivity contribution in [3.8, 4) is 0 Å². The Hall–Kier alpha value is -1.74. The van der Waals surface area contributed by atoms with Gasteiger partial charge in [-0.05, 0) is 20.3 Å². The van der Waals surface area contributed by atoms with Gasteiger partial charge in [-0.2, -0.15) is 19.3 Å². The molecule has 1 unspecified atom stereocenters. The van der Waals surface area contributed by atoms with E-state index in [0.29, 0.717) is 31.9 Å². The molecular weight excluding hydrogens is 292 g/mol. The first-order chi connectivity index (χ1) is 10.0. The van der Waals surface area contributed by atoms with E-state index >= 15 is 0 Å². The summed E-state index contributed by atoms with van der Waals surface area (Å²) in [5.74, 6) is 0.709. The number of rotatable bonds is 4. The third kappa shape index (κ3) is 2.46. The number of hydrogen-bond acceptors (Lipinski definition) is 5. The Morgan fingerprint density at radius 2 is 2.05 bits per heavy atom. The fourth-order valence-electron chi connectivity index (χ4n) is 2.59. The first kappa shape index (κ1) is 14.2. The minimum absolute atomic E-state index is 0.0101. The molecule has 0 saturated carbocycles. The Morgan fingerprint density at radius 1 is 1.33 bits per heavy atom. The number of imidazole rings is 1. The van der Waals surface area contributed by atoms with Crippen LogP contribution in [0, 0.1) is 6.92 Å². The van der Waals surface area contributed by atoms with Crippen molar-refractivity contribution in [2.45, 2.75) is 37.9 Å². The van der Waals surface area contributed by atoms with Crippen LogP contribution in [0.1, 0.15) is 25.2 Å². The highest BCUT2D eigenvalue weighted by molar-refractivity contribution is 7.89. The van der Waals surface area contributed by atoms with Gasteiger partial charge in [0.2, 0.25) is 0 Å². The van der Waals surface area contributed by atoms with Gasteiger partial charge in [0.15, 0.2) is 5.03 Å². The lowest BCUT2D eigenvalue weighted by atomic mass is 10.3. The van der Waals surface area contributed by atoms with Crippen LogP contribution in [0.5, 0.6) is 0 Å². The van der Waals surface area contributed by atoms with Gasteiger partial charge >= 0.3 is 0 Å². The van der Waals surface area contributed by atoms with Gasteiger partial charge in [0.1, 0.15) is 5.82 Å². The van der Waals surface area contributed by atoms with Gasteiger partial charge in [-0.1, -0.05) is 0 Å². The zero-order valence-electron chi connectivity index (χ0n) is 12.0. The minimum Gasteiger partial charge on any atom is -0.334 e. The Kier molecular flexibility index (Phi) is 3.54. The van der Waals surface area contributed by atoms with E-state index in [1.54, 1.807) is 23.4 Å². The molecule has 2 aromatic heterocycles. The summed E-state index contributed by atoms with van der Waals surface area (Å²) in [4.78, 5) is 5.76. The second-order valence-corrected chi connectivity index (χ2v) is 6.95. The molecule has 0 radical (unpaired) electrons. The van der Waals surface area contributed by atoms with Crippen molar-refractivity contribution in [1.29, 1.82) is 0 Å². The molecule has 114 valence electrons. The molecule has 0 N–H and O–H groups in total. The maximum absolute atomic E-state index is 12.6. The average Bonchev–Trinajstić information content (AvgIpc) is 3.18. The molecule has 1 fully saturated rings. The zero-order valence-corrected chi connectivity index (χ0v) is 12.9. The fraction of sp³-hybridized carbons (Fsp3) is 0.583. The number of sulfonamides is 1. The largest absolute Gasteiger partial charge is 0.334 e. The summed E-state index contributed by atoms with van der Waals surface area (Å²) in [5, 5.41) is 8.29. The van der Waals surface area contributed by atoms with Crippen LogP contribution >= 0.6 is 0 Å². The predicted molar refractivity (Wildman–Crippen MR) is 75.1 cm³/mol. The molecule has 0 aliphatic carbocycles. The summed E-state index contributed by atoms with van der Waals surface area (Å²) in [6.07, 6.45) is 5.51. The second-order valence-electron chi connectivity index (χ2n) is 5.07. The Labute approximate surface area is 123 Å². The predicted octanol–water partition coefficient (Wildman–Crippen LogP) is 0.439. The number of aromatic nitrogens is 5. The van der Waals surface area contributed by atoms with Gasteiger partial charge in [-0.3, -0.25) is 0 Å². The lowest BCUT2D eigenvalue weighted by Gasteiger charge is -2.14. The van der Waals surface area contributed by atoms with Crippen LogP contribution in [0.25, 0.3) is 0 Å². The molecule has 0 aromatic carbocycles. The maximum atomic E-state index is 12.6. The normalized spacial score (nSPS) is 20.2. The van der Waals surface area contributed by atoms with Gasteiger partial charge in [-0.25, -0.2) is 13.4 Å². The van der Waals surface area contributed by atoms with Crippen LogP contribution in [0.4, 0.5) is 0 Å². The lowest BCUT2D eigenvalue weighted by molar-refractivity contribution is 0.402. The molecule has 8 nitrogen and oxygen atoms in total. The topological polar surface area (TPSA) is 85.9 Å². The summed E-state index contributed by atoms with van der Waals surface area (Å²) >= 11 is 0. The molecule has 1 saturated heterocycles. The monoisotopic (exact) mass is 310 g/mol. The van der Waals surface area contributed by atoms with Crippen molar-refractivity contribution < 1.29 is 8.42 Å². The highest BCUT2D eigenvalue weighted by atomic mass is 32.2. The van der Waals surface area contributed by atoms with E-state index in [9.17, 15) is 8.42 Å². The summed E-state index contributed by atoms with van der Waals surface area (Å²) in [5.41, 5.74) is 0. The SMILES string of the molecule is CCn1cc(S(=O)(=O)N2CCC(n3nccn3)C2)nc1C.